The third kappa shape index (κ3) is 4.56. The molecule has 1 N–H and O–H groups in total. The van der Waals surface area contributed by atoms with Crippen molar-refractivity contribution < 1.29 is 24.2 Å². The molecule has 0 spiro atoms. The molecule has 1 aliphatic heterocycles. The number of fused-ring (bicyclic) bond motifs is 1. The van der Waals surface area contributed by atoms with Crippen molar-refractivity contribution in [3.63, 3.8) is 0 Å². The maximum atomic E-state index is 13.5. The minimum atomic E-state index is -0.881. The van der Waals surface area contributed by atoms with E-state index < -0.39 is 17.7 Å². The fourth-order valence-corrected chi connectivity index (χ4v) is 5.43. The fourth-order valence-electron chi connectivity index (χ4n) is 4.41. The molecule has 188 valence electrons. The molecule has 1 atom stereocenters. The van der Waals surface area contributed by atoms with Crippen molar-refractivity contribution in [2.45, 2.75) is 26.8 Å². The Kier molecular flexibility index (Phi) is 6.67. The molecule has 0 radical (unpaired) electrons. The summed E-state index contributed by atoms with van der Waals surface area (Å²) < 4.78 is 12.1. The number of Topliss-reactive ketones (excluding diaryl/α,β-unsaturated/α-hetero) is 1. The number of aliphatic hydroxyl groups is 1. The van der Waals surface area contributed by atoms with Gasteiger partial charge in [0, 0.05) is 5.56 Å². The zero-order valence-electron chi connectivity index (χ0n) is 20.7. The van der Waals surface area contributed by atoms with Gasteiger partial charge < -0.3 is 14.6 Å². The molecule has 0 saturated carbocycles. The quantitative estimate of drug-likeness (QED) is 0.184. The summed E-state index contributed by atoms with van der Waals surface area (Å²) in [5, 5.41) is 11.7. The molecule has 1 fully saturated rings. The van der Waals surface area contributed by atoms with E-state index in [2.05, 4.69) is 4.98 Å². The molecule has 2 heterocycles. The monoisotopic (exact) mass is 514 g/mol. The van der Waals surface area contributed by atoms with E-state index in [1.165, 1.54) is 16.2 Å². The van der Waals surface area contributed by atoms with Crippen LogP contribution in [0.2, 0.25) is 0 Å². The molecule has 7 nitrogen and oxygen atoms in total. The summed E-state index contributed by atoms with van der Waals surface area (Å²) in [5.74, 6) is -0.435. The molecule has 8 heteroatoms. The normalized spacial score (nSPS) is 16.9. The van der Waals surface area contributed by atoms with Crippen LogP contribution in [0.5, 0.6) is 11.5 Å². The third-order valence-electron chi connectivity index (χ3n) is 6.12. The lowest BCUT2D eigenvalue weighted by Gasteiger charge is -2.23. The highest BCUT2D eigenvalue weighted by Crippen LogP contribution is 2.45. The lowest BCUT2D eigenvalue weighted by Crippen LogP contribution is -2.29. The number of thiazole rings is 1. The number of aromatic nitrogens is 1. The summed E-state index contributed by atoms with van der Waals surface area (Å²) >= 11 is 1.29. The van der Waals surface area contributed by atoms with Crippen molar-refractivity contribution in [1.29, 1.82) is 0 Å². The number of nitrogens with zero attached hydrogens (tertiary/aromatic N) is 2. The first-order valence-corrected chi connectivity index (χ1v) is 12.9. The van der Waals surface area contributed by atoms with E-state index in [1.807, 2.05) is 63.2 Å². The lowest BCUT2D eigenvalue weighted by molar-refractivity contribution is -0.132. The number of anilines is 1. The Labute approximate surface area is 218 Å². The van der Waals surface area contributed by atoms with Gasteiger partial charge in [-0.15, -0.1) is 0 Å². The van der Waals surface area contributed by atoms with Crippen molar-refractivity contribution in [3.05, 3.63) is 89.0 Å². The highest BCUT2D eigenvalue weighted by molar-refractivity contribution is 7.22. The lowest BCUT2D eigenvalue weighted by atomic mass is 9.95. The van der Waals surface area contributed by atoms with Gasteiger partial charge in [-0.2, -0.15) is 0 Å². The summed E-state index contributed by atoms with van der Waals surface area (Å²) in [6.07, 6.45) is 0. The van der Waals surface area contributed by atoms with E-state index in [1.54, 1.807) is 24.3 Å². The number of amides is 1. The van der Waals surface area contributed by atoms with E-state index in [0.29, 0.717) is 46.5 Å². The molecule has 1 aromatic heterocycles. The SMILES string of the molecule is CCOc1cccc(C2/C(=C(\O)c3ccc(C)cc3)C(=O)C(=O)N2c2nc3ccc(OCC)cc3s2)c1. The molecule has 1 amide bonds. The molecular formula is C29H26N2O5S. The maximum Gasteiger partial charge on any atom is 0.301 e. The second-order valence-corrected chi connectivity index (χ2v) is 9.61. The van der Waals surface area contributed by atoms with Crippen LogP contribution < -0.4 is 14.4 Å². The molecule has 5 rings (SSSR count). The number of aryl methyl sites for hydroxylation is 1. The summed E-state index contributed by atoms with van der Waals surface area (Å²) in [6, 6.07) is 19.0. The average molecular weight is 515 g/mol. The third-order valence-corrected chi connectivity index (χ3v) is 7.14. The average Bonchev–Trinajstić information content (AvgIpc) is 3.42. The van der Waals surface area contributed by atoms with Crippen LogP contribution in [-0.4, -0.2) is 35.0 Å². The van der Waals surface area contributed by atoms with E-state index in [-0.39, 0.29) is 11.3 Å². The number of carbonyl (C=O) groups excluding carboxylic acids is 2. The van der Waals surface area contributed by atoms with E-state index in [9.17, 15) is 14.7 Å². The van der Waals surface area contributed by atoms with Gasteiger partial charge in [0.2, 0.25) is 0 Å². The van der Waals surface area contributed by atoms with E-state index >= 15 is 0 Å². The van der Waals surface area contributed by atoms with Crippen LogP contribution in [0.1, 0.15) is 36.6 Å². The minimum Gasteiger partial charge on any atom is -0.507 e. The van der Waals surface area contributed by atoms with Gasteiger partial charge in [0.25, 0.3) is 5.78 Å². The summed E-state index contributed by atoms with van der Waals surface area (Å²) in [7, 11) is 0. The van der Waals surface area contributed by atoms with Crippen LogP contribution in [0, 0.1) is 6.92 Å². The predicted molar refractivity (Wildman–Crippen MR) is 144 cm³/mol. The van der Waals surface area contributed by atoms with Crippen LogP contribution in [0.25, 0.3) is 16.0 Å². The van der Waals surface area contributed by atoms with Crippen molar-refractivity contribution in [1.82, 2.24) is 4.98 Å². The standard InChI is InChI=1S/C29H26N2O5S/c1-4-35-20-8-6-7-19(15-20)25-24(26(32)18-11-9-17(3)10-12-18)27(33)28(34)31(25)29-30-22-14-13-21(36-5-2)16-23(22)37-29/h6-16,25,32H,4-5H2,1-3H3/b26-24+. The molecular weight excluding hydrogens is 488 g/mol. The number of aliphatic hydroxyl groups excluding tert-OH is 1. The fraction of sp³-hybridized carbons (Fsp3) is 0.207. The van der Waals surface area contributed by atoms with Crippen molar-refractivity contribution in [3.8, 4) is 11.5 Å². The summed E-state index contributed by atoms with van der Waals surface area (Å²) in [5.41, 5.74) is 2.80. The highest BCUT2D eigenvalue weighted by atomic mass is 32.1. The van der Waals surface area contributed by atoms with Gasteiger partial charge in [-0.05, 0) is 56.7 Å². The molecule has 4 aromatic rings. The molecule has 1 aliphatic rings. The predicted octanol–water partition coefficient (Wildman–Crippen LogP) is 6.03. The van der Waals surface area contributed by atoms with Crippen LogP contribution in [-0.2, 0) is 9.59 Å². The molecule has 1 unspecified atom stereocenters. The molecule has 0 aliphatic carbocycles. The van der Waals surface area contributed by atoms with Crippen LogP contribution in [0.4, 0.5) is 5.13 Å². The minimum absolute atomic E-state index is 0.0109. The Morgan fingerprint density at radius 2 is 1.68 bits per heavy atom. The Balaban J connectivity index is 1.69. The highest BCUT2D eigenvalue weighted by Gasteiger charge is 2.48. The topological polar surface area (TPSA) is 89.0 Å². The number of carbonyl (C=O) groups is 2. The van der Waals surface area contributed by atoms with Crippen LogP contribution in [0.15, 0.2) is 72.3 Å². The van der Waals surface area contributed by atoms with Gasteiger partial charge in [-0.25, -0.2) is 4.98 Å². The Bertz CT molecular complexity index is 1520. The molecule has 1 saturated heterocycles. The number of hydrogen-bond donors (Lipinski definition) is 1. The summed E-state index contributed by atoms with van der Waals surface area (Å²) in [4.78, 5) is 33.0. The van der Waals surface area contributed by atoms with Gasteiger partial charge in [-0.3, -0.25) is 14.5 Å². The van der Waals surface area contributed by atoms with Gasteiger partial charge in [0.1, 0.15) is 17.3 Å². The zero-order chi connectivity index (χ0) is 26.1. The van der Waals surface area contributed by atoms with Gasteiger partial charge in [0.15, 0.2) is 5.13 Å². The largest absolute Gasteiger partial charge is 0.507 e. The summed E-state index contributed by atoms with van der Waals surface area (Å²) in [6.45, 7) is 6.72. The number of rotatable bonds is 7. The van der Waals surface area contributed by atoms with Gasteiger partial charge >= 0.3 is 5.91 Å². The number of ether oxygens (including phenoxy) is 2. The molecule has 3 aromatic carbocycles. The first-order valence-electron chi connectivity index (χ1n) is 12.1. The van der Waals surface area contributed by atoms with Gasteiger partial charge in [-0.1, -0.05) is 53.3 Å². The van der Waals surface area contributed by atoms with Crippen molar-refractivity contribution >= 4 is 44.1 Å². The first kappa shape index (κ1) is 24.5. The van der Waals surface area contributed by atoms with E-state index in [0.717, 1.165) is 10.3 Å². The Morgan fingerprint density at radius 3 is 2.38 bits per heavy atom. The zero-order valence-corrected chi connectivity index (χ0v) is 21.5. The number of benzene rings is 3. The first-order chi connectivity index (χ1) is 17.9. The smallest absolute Gasteiger partial charge is 0.301 e. The van der Waals surface area contributed by atoms with Crippen molar-refractivity contribution in [2.24, 2.45) is 0 Å². The van der Waals surface area contributed by atoms with Crippen LogP contribution in [0.3, 0.4) is 0 Å². The van der Waals surface area contributed by atoms with Gasteiger partial charge in [0.05, 0.1) is 35.0 Å². The number of hydrogen-bond acceptors (Lipinski definition) is 7. The van der Waals surface area contributed by atoms with Crippen LogP contribution >= 0.6 is 11.3 Å². The number of ketones is 1. The molecule has 0 bridgehead atoms. The second-order valence-electron chi connectivity index (χ2n) is 8.60. The van der Waals surface area contributed by atoms with E-state index in [4.69, 9.17) is 9.47 Å². The Morgan fingerprint density at radius 1 is 0.973 bits per heavy atom. The Hall–Kier alpha value is -4.17. The molecule has 37 heavy (non-hydrogen) atoms. The second kappa shape index (κ2) is 10.1. The maximum absolute atomic E-state index is 13.5. The van der Waals surface area contributed by atoms with Crippen molar-refractivity contribution in [2.75, 3.05) is 18.1 Å².